The zero-order chi connectivity index (χ0) is 14.8. The molecule has 3 heteroatoms. The summed E-state index contributed by atoms with van der Waals surface area (Å²) >= 11 is 0. The molecule has 0 saturated heterocycles. The lowest BCUT2D eigenvalue weighted by Gasteiger charge is -2.41. The standard InChI is InChI=1S/C18H28N2O/c1-19-18-16-11-15(21-3)9-7-14(16)8-10-17(18)20(2)12-13-5-4-6-13/h7,9,11,13,17-19H,4-6,8,10,12H2,1-3H3. The number of hydrogen-bond acceptors (Lipinski definition) is 3. The molecule has 116 valence electrons. The van der Waals surface area contributed by atoms with Crippen molar-refractivity contribution in [2.24, 2.45) is 5.92 Å². The number of nitrogens with zero attached hydrogens (tertiary/aromatic N) is 1. The van der Waals surface area contributed by atoms with Crippen molar-refractivity contribution in [1.29, 1.82) is 0 Å². The Hall–Kier alpha value is -1.06. The van der Waals surface area contributed by atoms with Crippen LogP contribution in [0.2, 0.25) is 0 Å². The van der Waals surface area contributed by atoms with Crippen LogP contribution in [0.3, 0.4) is 0 Å². The van der Waals surface area contributed by atoms with Gasteiger partial charge in [-0.05, 0) is 69.0 Å². The summed E-state index contributed by atoms with van der Waals surface area (Å²) in [5.74, 6) is 1.90. The molecule has 2 aliphatic rings. The molecule has 3 rings (SSSR count). The maximum atomic E-state index is 5.42. The first-order valence-electron chi connectivity index (χ1n) is 8.27. The Labute approximate surface area is 128 Å². The van der Waals surface area contributed by atoms with Gasteiger partial charge in [-0.2, -0.15) is 0 Å². The number of rotatable bonds is 5. The Morgan fingerprint density at radius 2 is 2.10 bits per heavy atom. The first-order chi connectivity index (χ1) is 10.2. The first kappa shape index (κ1) is 14.9. The van der Waals surface area contributed by atoms with Crippen molar-refractivity contribution in [3.63, 3.8) is 0 Å². The monoisotopic (exact) mass is 288 g/mol. The summed E-state index contributed by atoms with van der Waals surface area (Å²) in [6, 6.07) is 7.55. The highest BCUT2D eigenvalue weighted by Crippen LogP contribution is 2.36. The average Bonchev–Trinajstić information content (AvgIpc) is 2.48. The van der Waals surface area contributed by atoms with Gasteiger partial charge in [-0.15, -0.1) is 0 Å². The molecule has 0 heterocycles. The number of fused-ring (bicyclic) bond motifs is 1. The highest BCUT2D eigenvalue weighted by molar-refractivity contribution is 5.40. The number of nitrogens with one attached hydrogen (secondary N) is 1. The first-order valence-corrected chi connectivity index (χ1v) is 8.27. The van der Waals surface area contributed by atoms with Gasteiger partial charge >= 0.3 is 0 Å². The van der Waals surface area contributed by atoms with Crippen molar-refractivity contribution in [1.82, 2.24) is 10.2 Å². The van der Waals surface area contributed by atoms with Crippen LogP contribution in [0.5, 0.6) is 5.75 Å². The van der Waals surface area contributed by atoms with Gasteiger partial charge in [0.15, 0.2) is 0 Å². The normalized spacial score (nSPS) is 25.5. The van der Waals surface area contributed by atoms with E-state index in [4.69, 9.17) is 4.74 Å². The second-order valence-electron chi connectivity index (χ2n) is 6.67. The van der Waals surface area contributed by atoms with Crippen LogP contribution in [0.1, 0.15) is 42.9 Å². The molecule has 1 fully saturated rings. The molecule has 2 aliphatic carbocycles. The SMILES string of the molecule is CNC1c2cc(OC)ccc2CCC1N(C)CC1CCC1. The molecule has 1 N–H and O–H groups in total. The quantitative estimate of drug-likeness (QED) is 0.901. The van der Waals surface area contributed by atoms with E-state index >= 15 is 0 Å². The van der Waals surface area contributed by atoms with Gasteiger partial charge in [0, 0.05) is 18.6 Å². The molecule has 0 aliphatic heterocycles. The summed E-state index contributed by atoms with van der Waals surface area (Å²) in [6.45, 7) is 1.25. The van der Waals surface area contributed by atoms with Crippen LogP contribution in [0.4, 0.5) is 0 Å². The van der Waals surface area contributed by atoms with E-state index < -0.39 is 0 Å². The minimum atomic E-state index is 0.411. The molecule has 0 radical (unpaired) electrons. The van der Waals surface area contributed by atoms with Gasteiger partial charge in [-0.1, -0.05) is 12.5 Å². The number of aryl methyl sites for hydroxylation is 1. The lowest BCUT2D eigenvalue weighted by atomic mass is 9.81. The Morgan fingerprint density at radius 1 is 1.29 bits per heavy atom. The molecule has 0 aromatic heterocycles. The van der Waals surface area contributed by atoms with Crippen molar-refractivity contribution < 1.29 is 4.74 Å². The van der Waals surface area contributed by atoms with Gasteiger partial charge < -0.3 is 15.0 Å². The van der Waals surface area contributed by atoms with Crippen molar-refractivity contribution in [3.05, 3.63) is 29.3 Å². The Kier molecular flexibility index (Phi) is 4.51. The number of methoxy groups -OCH3 is 1. The van der Waals surface area contributed by atoms with E-state index in [1.165, 1.54) is 49.8 Å². The lowest BCUT2D eigenvalue weighted by Crippen LogP contribution is -2.46. The van der Waals surface area contributed by atoms with E-state index in [2.05, 4.69) is 42.5 Å². The predicted octanol–water partition coefficient (Wildman–Crippen LogP) is 3.00. The van der Waals surface area contributed by atoms with Crippen LogP contribution < -0.4 is 10.1 Å². The summed E-state index contributed by atoms with van der Waals surface area (Å²) in [4.78, 5) is 2.59. The number of ether oxygens (including phenoxy) is 1. The van der Waals surface area contributed by atoms with E-state index in [1.807, 2.05) is 0 Å². The van der Waals surface area contributed by atoms with Crippen molar-refractivity contribution >= 4 is 0 Å². The molecule has 2 atom stereocenters. The van der Waals surface area contributed by atoms with Crippen LogP contribution in [0.15, 0.2) is 18.2 Å². The highest BCUT2D eigenvalue weighted by Gasteiger charge is 2.33. The minimum absolute atomic E-state index is 0.411. The van der Waals surface area contributed by atoms with Gasteiger partial charge in [0.1, 0.15) is 5.75 Å². The highest BCUT2D eigenvalue weighted by atomic mass is 16.5. The summed E-state index contributed by atoms with van der Waals surface area (Å²) in [5, 5.41) is 3.55. The van der Waals surface area contributed by atoms with Crippen LogP contribution >= 0.6 is 0 Å². The zero-order valence-electron chi connectivity index (χ0n) is 13.6. The molecule has 1 saturated carbocycles. The van der Waals surface area contributed by atoms with Gasteiger partial charge in [0.25, 0.3) is 0 Å². The van der Waals surface area contributed by atoms with Crippen LogP contribution in [-0.2, 0) is 6.42 Å². The zero-order valence-corrected chi connectivity index (χ0v) is 13.6. The maximum Gasteiger partial charge on any atom is 0.119 e. The summed E-state index contributed by atoms with van der Waals surface area (Å²) in [5.41, 5.74) is 2.90. The smallest absolute Gasteiger partial charge is 0.119 e. The molecule has 0 amide bonds. The van der Waals surface area contributed by atoms with Gasteiger partial charge in [-0.3, -0.25) is 0 Å². The molecular weight excluding hydrogens is 260 g/mol. The van der Waals surface area contributed by atoms with E-state index in [0.29, 0.717) is 12.1 Å². The Bertz CT molecular complexity index is 484. The van der Waals surface area contributed by atoms with Crippen molar-refractivity contribution in [2.75, 3.05) is 27.7 Å². The predicted molar refractivity (Wildman–Crippen MR) is 86.9 cm³/mol. The van der Waals surface area contributed by atoms with E-state index in [0.717, 1.165) is 11.7 Å². The molecule has 1 aromatic rings. The Morgan fingerprint density at radius 3 is 2.71 bits per heavy atom. The summed E-state index contributed by atoms with van der Waals surface area (Å²) in [6.07, 6.45) is 6.70. The number of likely N-dealkylation sites (N-methyl/N-ethyl adjacent to an activating group) is 2. The fourth-order valence-corrected chi connectivity index (χ4v) is 3.94. The largest absolute Gasteiger partial charge is 0.497 e. The molecule has 2 unspecified atom stereocenters. The number of benzene rings is 1. The maximum absolute atomic E-state index is 5.42. The second-order valence-corrected chi connectivity index (χ2v) is 6.67. The lowest BCUT2D eigenvalue weighted by molar-refractivity contribution is 0.126. The van der Waals surface area contributed by atoms with E-state index in [9.17, 15) is 0 Å². The van der Waals surface area contributed by atoms with Crippen LogP contribution in [-0.4, -0.2) is 38.7 Å². The van der Waals surface area contributed by atoms with Crippen LogP contribution in [0, 0.1) is 5.92 Å². The van der Waals surface area contributed by atoms with E-state index in [1.54, 1.807) is 7.11 Å². The van der Waals surface area contributed by atoms with Crippen molar-refractivity contribution in [3.8, 4) is 5.75 Å². The minimum Gasteiger partial charge on any atom is -0.497 e. The molecule has 21 heavy (non-hydrogen) atoms. The third kappa shape index (κ3) is 2.95. The third-order valence-electron chi connectivity index (χ3n) is 5.43. The third-order valence-corrected chi connectivity index (χ3v) is 5.43. The Balaban J connectivity index is 1.79. The topological polar surface area (TPSA) is 24.5 Å². The van der Waals surface area contributed by atoms with Crippen molar-refractivity contribution in [2.45, 2.75) is 44.2 Å². The average molecular weight is 288 g/mol. The molecule has 0 spiro atoms. The number of hydrogen-bond donors (Lipinski definition) is 1. The summed E-state index contributed by atoms with van der Waals surface area (Å²) < 4.78 is 5.42. The molecule has 1 aromatic carbocycles. The molecule has 3 nitrogen and oxygen atoms in total. The fraction of sp³-hybridized carbons (Fsp3) is 0.667. The molecular formula is C18H28N2O. The van der Waals surface area contributed by atoms with Gasteiger partial charge in [0.05, 0.1) is 7.11 Å². The van der Waals surface area contributed by atoms with Gasteiger partial charge in [-0.25, -0.2) is 0 Å². The molecule has 0 bridgehead atoms. The van der Waals surface area contributed by atoms with Crippen LogP contribution in [0.25, 0.3) is 0 Å². The second kappa shape index (κ2) is 6.37. The van der Waals surface area contributed by atoms with E-state index in [-0.39, 0.29) is 0 Å². The summed E-state index contributed by atoms with van der Waals surface area (Å²) in [7, 11) is 6.14. The van der Waals surface area contributed by atoms with Gasteiger partial charge in [0.2, 0.25) is 0 Å². The fourth-order valence-electron chi connectivity index (χ4n) is 3.94.